The number of carbonyl (C=O) groups is 1. The highest BCUT2D eigenvalue weighted by Gasteiger charge is 2.15. The van der Waals surface area contributed by atoms with E-state index in [1.807, 2.05) is 0 Å². The van der Waals surface area contributed by atoms with Crippen LogP contribution in [0.4, 0.5) is 9.18 Å². The standard InChI is InChI=1S/C16H20FNO4/c1-16(2,3)22-15(20)18-9-5-6-12-13(17)7-4-8-14(12)21-11-10-19/h4,7-8,19H,9-11H2,1-3H3,(H,18,20). The largest absolute Gasteiger partial charge is 0.490 e. The summed E-state index contributed by atoms with van der Waals surface area (Å²) in [4.78, 5) is 11.4. The minimum absolute atomic E-state index is 0.0166. The lowest BCUT2D eigenvalue weighted by Gasteiger charge is -2.19. The van der Waals surface area contributed by atoms with Crippen molar-refractivity contribution < 1.29 is 23.8 Å². The van der Waals surface area contributed by atoms with E-state index in [1.165, 1.54) is 12.1 Å². The fraction of sp³-hybridized carbons (Fsp3) is 0.438. The first-order valence-electron chi connectivity index (χ1n) is 6.81. The van der Waals surface area contributed by atoms with Crippen LogP contribution in [-0.4, -0.2) is 36.6 Å². The zero-order chi connectivity index (χ0) is 16.6. The summed E-state index contributed by atoms with van der Waals surface area (Å²) in [6.45, 7) is 5.15. The Kier molecular flexibility index (Phi) is 6.67. The van der Waals surface area contributed by atoms with E-state index in [1.54, 1.807) is 26.8 Å². The van der Waals surface area contributed by atoms with E-state index < -0.39 is 17.5 Å². The Bertz CT molecular complexity index is 570. The first-order chi connectivity index (χ1) is 10.3. The van der Waals surface area contributed by atoms with Crippen molar-refractivity contribution in [2.45, 2.75) is 26.4 Å². The second-order valence-corrected chi connectivity index (χ2v) is 5.34. The second-order valence-electron chi connectivity index (χ2n) is 5.34. The molecule has 0 bridgehead atoms. The number of benzene rings is 1. The van der Waals surface area contributed by atoms with Crippen molar-refractivity contribution in [2.24, 2.45) is 0 Å². The summed E-state index contributed by atoms with van der Waals surface area (Å²) >= 11 is 0. The summed E-state index contributed by atoms with van der Waals surface area (Å²) in [7, 11) is 0. The van der Waals surface area contributed by atoms with Crippen LogP contribution in [-0.2, 0) is 4.74 Å². The maximum atomic E-state index is 13.7. The van der Waals surface area contributed by atoms with E-state index in [4.69, 9.17) is 14.6 Å². The molecular formula is C16H20FNO4. The van der Waals surface area contributed by atoms with Gasteiger partial charge in [-0.25, -0.2) is 9.18 Å². The van der Waals surface area contributed by atoms with Gasteiger partial charge in [-0.15, -0.1) is 0 Å². The first kappa shape index (κ1) is 17.8. The molecule has 120 valence electrons. The molecule has 1 aromatic rings. The lowest BCUT2D eigenvalue weighted by Crippen LogP contribution is -2.32. The van der Waals surface area contributed by atoms with Gasteiger partial charge < -0.3 is 19.9 Å². The molecule has 0 radical (unpaired) electrons. The predicted molar refractivity (Wildman–Crippen MR) is 80.1 cm³/mol. The second kappa shape index (κ2) is 8.25. The van der Waals surface area contributed by atoms with E-state index in [-0.39, 0.29) is 31.1 Å². The molecule has 0 aliphatic carbocycles. The molecule has 22 heavy (non-hydrogen) atoms. The Morgan fingerprint density at radius 2 is 2.14 bits per heavy atom. The van der Waals surface area contributed by atoms with Gasteiger partial charge in [-0.1, -0.05) is 17.9 Å². The molecule has 0 aliphatic heterocycles. The van der Waals surface area contributed by atoms with Gasteiger partial charge in [0.15, 0.2) is 0 Å². The number of aliphatic hydroxyl groups excluding tert-OH is 1. The van der Waals surface area contributed by atoms with Crippen molar-refractivity contribution in [2.75, 3.05) is 19.8 Å². The molecule has 1 rings (SSSR count). The summed E-state index contributed by atoms with van der Waals surface area (Å²) in [6, 6.07) is 4.31. The van der Waals surface area contributed by atoms with E-state index in [0.29, 0.717) is 0 Å². The first-order valence-corrected chi connectivity index (χ1v) is 6.81. The molecule has 0 fully saturated rings. The highest BCUT2D eigenvalue weighted by Crippen LogP contribution is 2.20. The monoisotopic (exact) mass is 309 g/mol. The van der Waals surface area contributed by atoms with Gasteiger partial charge in [0, 0.05) is 0 Å². The number of ether oxygens (including phenoxy) is 2. The summed E-state index contributed by atoms with van der Waals surface area (Å²) in [5.74, 6) is 4.96. The fourth-order valence-electron chi connectivity index (χ4n) is 1.46. The average molecular weight is 309 g/mol. The van der Waals surface area contributed by atoms with Crippen molar-refractivity contribution in [1.29, 1.82) is 0 Å². The Balaban J connectivity index is 2.66. The molecule has 0 saturated carbocycles. The van der Waals surface area contributed by atoms with Gasteiger partial charge in [0.2, 0.25) is 0 Å². The van der Waals surface area contributed by atoms with Crippen LogP contribution in [0.25, 0.3) is 0 Å². The molecule has 0 aliphatic rings. The molecule has 5 nitrogen and oxygen atoms in total. The Hall–Kier alpha value is -2.26. The fourth-order valence-corrected chi connectivity index (χ4v) is 1.46. The van der Waals surface area contributed by atoms with E-state index >= 15 is 0 Å². The summed E-state index contributed by atoms with van der Waals surface area (Å²) in [6.07, 6.45) is -0.591. The number of halogens is 1. The summed E-state index contributed by atoms with van der Waals surface area (Å²) < 4.78 is 24.0. The van der Waals surface area contributed by atoms with E-state index in [0.717, 1.165) is 0 Å². The lowest BCUT2D eigenvalue weighted by molar-refractivity contribution is 0.0535. The van der Waals surface area contributed by atoms with Crippen molar-refractivity contribution in [3.8, 4) is 17.6 Å². The molecule has 6 heteroatoms. The van der Waals surface area contributed by atoms with Crippen LogP contribution < -0.4 is 10.1 Å². The highest BCUT2D eigenvalue weighted by molar-refractivity contribution is 5.68. The average Bonchev–Trinajstić information content (AvgIpc) is 2.41. The molecule has 0 unspecified atom stereocenters. The van der Waals surface area contributed by atoms with E-state index in [9.17, 15) is 9.18 Å². The summed E-state index contributed by atoms with van der Waals surface area (Å²) in [5.41, 5.74) is -0.504. The van der Waals surface area contributed by atoms with Crippen LogP contribution in [0, 0.1) is 17.7 Å². The number of aliphatic hydroxyl groups is 1. The van der Waals surface area contributed by atoms with E-state index in [2.05, 4.69) is 17.2 Å². The molecular weight excluding hydrogens is 289 g/mol. The summed E-state index contributed by atoms with van der Waals surface area (Å²) in [5, 5.41) is 11.2. The molecule has 0 aromatic heterocycles. The number of carbonyl (C=O) groups excluding carboxylic acids is 1. The maximum absolute atomic E-state index is 13.7. The molecule has 0 spiro atoms. The van der Waals surface area contributed by atoms with Crippen LogP contribution in [0.1, 0.15) is 26.3 Å². The smallest absolute Gasteiger partial charge is 0.408 e. The third-order valence-corrected chi connectivity index (χ3v) is 2.26. The molecule has 0 atom stereocenters. The Morgan fingerprint density at radius 1 is 1.41 bits per heavy atom. The Labute approximate surface area is 129 Å². The predicted octanol–water partition coefficient (Wildman–Crippen LogP) is 2.07. The van der Waals surface area contributed by atoms with Gasteiger partial charge in [0.05, 0.1) is 13.2 Å². The molecule has 1 aromatic carbocycles. The normalized spacial score (nSPS) is 10.4. The third-order valence-electron chi connectivity index (χ3n) is 2.26. The number of alkyl carbamates (subject to hydrolysis) is 1. The third kappa shape index (κ3) is 6.46. The lowest BCUT2D eigenvalue weighted by atomic mass is 10.2. The number of hydrogen-bond acceptors (Lipinski definition) is 4. The van der Waals surface area contributed by atoms with Crippen LogP contribution in [0.2, 0.25) is 0 Å². The van der Waals surface area contributed by atoms with Crippen LogP contribution in [0.5, 0.6) is 5.75 Å². The topological polar surface area (TPSA) is 67.8 Å². The minimum atomic E-state index is -0.591. The number of amides is 1. The van der Waals surface area contributed by atoms with Crippen molar-refractivity contribution in [1.82, 2.24) is 5.32 Å². The maximum Gasteiger partial charge on any atom is 0.408 e. The number of rotatable bonds is 4. The zero-order valence-corrected chi connectivity index (χ0v) is 12.9. The van der Waals surface area contributed by atoms with Gasteiger partial charge in [0.25, 0.3) is 0 Å². The van der Waals surface area contributed by atoms with Crippen LogP contribution >= 0.6 is 0 Å². The quantitative estimate of drug-likeness (QED) is 0.836. The number of nitrogens with one attached hydrogen (secondary N) is 1. The van der Waals surface area contributed by atoms with Crippen LogP contribution in [0.15, 0.2) is 18.2 Å². The van der Waals surface area contributed by atoms with Crippen molar-refractivity contribution in [3.05, 3.63) is 29.6 Å². The molecule has 2 N–H and O–H groups in total. The van der Waals surface area contributed by atoms with Gasteiger partial charge >= 0.3 is 6.09 Å². The zero-order valence-electron chi connectivity index (χ0n) is 12.9. The SMILES string of the molecule is CC(C)(C)OC(=O)NCC#Cc1c(F)cccc1OCCO. The van der Waals surface area contributed by atoms with Gasteiger partial charge in [0.1, 0.15) is 29.3 Å². The van der Waals surface area contributed by atoms with Gasteiger partial charge in [-0.3, -0.25) is 0 Å². The van der Waals surface area contributed by atoms with Crippen molar-refractivity contribution in [3.63, 3.8) is 0 Å². The molecule has 1 amide bonds. The van der Waals surface area contributed by atoms with Crippen molar-refractivity contribution >= 4 is 6.09 Å². The minimum Gasteiger partial charge on any atom is -0.490 e. The molecule has 0 heterocycles. The van der Waals surface area contributed by atoms with Gasteiger partial charge in [-0.2, -0.15) is 0 Å². The highest BCUT2D eigenvalue weighted by atomic mass is 19.1. The molecule has 0 saturated heterocycles. The number of hydrogen-bond donors (Lipinski definition) is 2. The van der Waals surface area contributed by atoms with Crippen LogP contribution in [0.3, 0.4) is 0 Å². The Morgan fingerprint density at radius 3 is 2.77 bits per heavy atom. The van der Waals surface area contributed by atoms with Gasteiger partial charge in [-0.05, 0) is 32.9 Å².